The fraction of sp³-hybridized carbons (Fsp3) is 0.370. The maximum atomic E-state index is 10.7. The number of ketones is 1. The number of rotatable bonds is 7. The smallest absolute Gasteiger partial charge is 0.178 e. The molecule has 0 fully saturated rings. The Morgan fingerprint density at radius 3 is 2.33 bits per heavy atom. The summed E-state index contributed by atoms with van der Waals surface area (Å²) in [7, 11) is 0. The molecule has 0 aliphatic rings. The SMILES string of the molecule is CCc1nc(C(C)=O)cs1.Cc1ccc(C(C)(C)c2cc(C)c(OCCCl)c(C#N)c2)cc1. The summed E-state index contributed by atoms with van der Waals surface area (Å²) < 4.78 is 5.64. The van der Waals surface area contributed by atoms with E-state index in [-0.39, 0.29) is 11.2 Å². The fourth-order valence-corrected chi connectivity index (χ4v) is 4.18. The highest BCUT2D eigenvalue weighted by atomic mass is 35.5. The summed E-state index contributed by atoms with van der Waals surface area (Å²) in [6.45, 7) is 12.4. The monoisotopic (exact) mass is 482 g/mol. The van der Waals surface area contributed by atoms with E-state index in [4.69, 9.17) is 16.3 Å². The van der Waals surface area contributed by atoms with Crippen LogP contribution in [-0.4, -0.2) is 23.3 Å². The van der Waals surface area contributed by atoms with Crippen molar-refractivity contribution in [3.63, 3.8) is 0 Å². The summed E-state index contributed by atoms with van der Waals surface area (Å²) in [5.74, 6) is 1.09. The van der Waals surface area contributed by atoms with Crippen molar-refractivity contribution in [1.82, 2.24) is 4.98 Å². The maximum absolute atomic E-state index is 10.7. The molecule has 6 heteroatoms. The van der Waals surface area contributed by atoms with Gasteiger partial charge in [-0.15, -0.1) is 22.9 Å². The predicted molar refractivity (Wildman–Crippen MR) is 137 cm³/mol. The van der Waals surface area contributed by atoms with E-state index in [1.807, 2.05) is 19.9 Å². The molecule has 4 nitrogen and oxygen atoms in total. The minimum atomic E-state index is -0.185. The van der Waals surface area contributed by atoms with E-state index in [2.05, 4.69) is 62.2 Å². The van der Waals surface area contributed by atoms with Gasteiger partial charge in [0.15, 0.2) is 5.78 Å². The quantitative estimate of drug-likeness (QED) is 0.268. The van der Waals surface area contributed by atoms with E-state index in [9.17, 15) is 10.1 Å². The van der Waals surface area contributed by atoms with Gasteiger partial charge in [0.1, 0.15) is 24.1 Å². The topological polar surface area (TPSA) is 63.0 Å². The Morgan fingerprint density at radius 1 is 1.18 bits per heavy atom. The fourth-order valence-electron chi connectivity index (χ4n) is 3.32. The molecule has 0 unspecified atom stereocenters. The van der Waals surface area contributed by atoms with Gasteiger partial charge < -0.3 is 4.74 Å². The summed E-state index contributed by atoms with van der Waals surface area (Å²) in [6.07, 6.45) is 0.915. The van der Waals surface area contributed by atoms with Gasteiger partial charge in [-0.1, -0.05) is 56.7 Å². The zero-order valence-corrected chi connectivity index (χ0v) is 21.7. The number of hydrogen-bond acceptors (Lipinski definition) is 5. The van der Waals surface area contributed by atoms with Gasteiger partial charge in [-0.25, -0.2) is 4.98 Å². The molecule has 0 aliphatic carbocycles. The third-order valence-electron chi connectivity index (χ3n) is 5.43. The number of benzene rings is 2. The first-order valence-corrected chi connectivity index (χ1v) is 12.3. The molecule has 2 aromatic carbocycles. The average Bonchev–Trinajstić information content (AvgIpc) is 3.28. The lowest BCUT2D eigenvalue weighted by Crippen LogP contribution is -2.19. The number of halogens is 1. The number of alkyl halides is 1. The van der Waals surface area contributed by atoms with Crippen LogP contribution in [0.4, 0.5) is 0 Å². The van der Waals surface area contributed by atoms with Crippen molar-refractivity contribution in [2.45, 2.75) is 53.4 Å². The van der Waals surface area contributed by atoms with Gasteiger partial charge in [-0.2, -0.15) is 5.26 Å². The summed E-state index contributed by atoms with van der Waals surface area (Å²) in [5.41, 5.74) is 5.50. The van der Waals surface area contributed by atoms with Crippen LogP contribution >= 0.6 is 22.9 Å². The van der Waals surface area contributed by atoms with Crippen molar-refractivity contribution in [2.75, 3.05) is 12.5 Å². The van der Waals surface area contributed by atoms with Crippen molar-refractivity contribution < 1.29 is 9.53 Å². The van der Waals surface area contributed by atoms with Crippen LogP contribution in [0, 0.1) is 25.2 Å². The van der Waals surface area contributed by atoms with Crippen LogP contribution in [0.2, 0.25) is 0 Å². The zero-order valence-electron chi connectivity index (χ0n) is 20.2. The highest BCUT2D eigenvalue weighted by Gasteiger charge is 2.25. The van der Waals surface area contributed by atoms with Crippen molar-refractivity contribution in [2.24, 2.45) is 0 Å². The van der Waals surface area contributed by atoms with Gasteiger partial charge in [0, 0.05) is 17.7 Å². The van der Waals surface area contributed by atoms with Gasteiger partial charge in [-0.3, -0.25) is 4.79 Å². The highest BCUT2D eigenvalue weighted by Crippen LogP contribution is 2.36. The predicted octanol–water partition coefficient (Wildman–Crippen LogP) is 7.03. The third kappa shape index (κ3) is 6.90. The van der Waals surface area contributed by atoms with Crippen LogP contribution in [0.1, 0.15) is 71.0 Å². The van der Waals surface area contributed by atoms with Crippen LogP contribution in [0.25, 0.3) is 0 Å². The number of aryl methyl sites for hydroxylation is 3. The number of Topliss-reactive ketones (excluding diaryl/α,β-unsaturated/α-hetero) is 1. The Labute approximate surface area is 206 Å². The lowest BCUT2D eigenvalue weighted by molar-refractivity contribution is 0.101. The second-order valence-corrected chi connectivity index (χ2v) is 9.67. The molecular weight excluding hydrogens is 452 g/mol. The molecule has 0 amide bonds. The minimum Gasteiger partial charge on any atom is -0.491 e. The van der Waals surface area contributed by atoms with Crippen LogP contribution in [-0.2, 0) is 11.8 Å². The van der Waals surface area contributed by atoms with Gasteiger partial charge in [-0.05, 0) is 43.0 Å². The zero-order chi connectivity index (χ0) is 24.6. The summed E-state index contributed by atoms with van der Waals surface area (Å²) in [4.78, 5) is 14.8. The molecule has 3 rings (SSSR count). The van der Waals surface area contributed by atoms with E-state index >= 15 is 0 Å². The Kier molecular flexibility index (Phi) is 9.64. The molecule has 0 bridgehead atoms. The highest BCUT2D eigenvalue weighted by molar-refractivity contribution is 7.09. The molecule has 1 aromatic heterocycles. The van der Waals surface area contributed by atoms with Crippen molar-refractivity contribution in [3.05, 3.63) is 80.3 Å². The van der Waals surface area contributed by atoms with E-state index in [1.54, 1.807) is 16.7 Å². The van der Waals surface area contributed by atoms with Gasteiger partial charge in [0.2, 0.25) is 0 Å². The first-order chi connectivity index (χ1) is 15.6. The lowest BCUT2D eigenvalue weighted by Gasteiger charge is -2.27. The molecule has 0 atom stereocenters. The molecule has 0 N–H and O–H groups in total. The molecule has 0 spiro atoms. The molecule has 3 aromatic rings. The number of carbonyl (C=O) groups excluding carboxylic acids is 1. The summed E-state index contributed by atoms with van der Waals surface area (Å²) in [5, 5.41) is 12.3. The van der Waals surface area contributed by atoms with E-state index < -0.39 is 0 Å². The first-order valence-electron chi connectivity index (χ1n) is 10.9. The van der Waals surface area contributed by atoms with Gasteiger partial charge in [0.05, 0.1) is 16.5 Å². The summed E-state index contributed by atoms with van der Waals surface area (Å²) >= 11 is 7.23. The Bertz CT molecular complexity index is 1130. The Morgan fingerprint density at radius 2 is 1.85 bits per heavy atom. The minimum absolute atomic E-state index is 0.0518. The number of hydrogen-bond donors (Lipinski definition) is 0. The number of thiazole rings is 1. The molecule has 0 radical (unpaired) electrons. The maximum Gasteiger partial charge on any atom is 0.178 e. The van der Waals surface area contributed by atoms with Crippen LogP contribution in [0.5, 0.6) is 5.75 Å². The number of nitriles is 1. The number of nitrogens with zero attached hydrogens (tertiary/aromatic N) is 2. The van der Waals surface area contributed by atoms with Crippen LogP contribution in [0.15, 0.2) is 41.8 Å². The molecule has 33 heavy (non-hydrogen) atoms. The average molecular weight is 483 g/mol. The number of ether oxygens (including phenoxy) is 1. The second kappa shape index (κ2) is 12.0. The first kappa shape index (κ1) is 26.6. The van der Waals surface area contributed by atoms with E-state index in [0.717, 1.165) is 22.6 Å². The Hall–Kier alpha value is -2.68. The molecule has 174 valence electrons. The van der Waals surface area contributed by atoms with Crippen LogP contribution in [0.3, 0.4) is 0 Å². The number of aromatic nitrogens is 1. The van der Waals surface area contributed by atoms with E-state index in [0.29, 0.717) is 29.5 Å². The van der Waals surface area contributed by atoms with Crippen molar-refractivity contribution >= 4 is 28.7 Å². The van der Waals surface area contributed by atoms with Gasteiger partial charge in [0.25, 0.3) is 0 Å². The largest absolute Gasteiger partial charge is 0.491 e. The van der Waals surface area contributed by atoms with E-state index in [1.165, 1.54) is 18.1 Å². The van der Waals surface area contributed by atoms with Crippen LogP contribution < -0.4 is 4.74 Å². The molecular formula is C27H31ClN2O2S. The standard InChI is InChI=1S/C20H22ClNO.C7H9NOS/c1-14-5-7-17(8-6-14)20(3,4)18-11-15(2)19(23-10-9-21)16(12-18)13-22;1-3-7-8-6(4-10-7)5(2)9/h5-8,11-12H,9-10H2,1-4H3;4H,3H2,1-2H3. The van der Waals surface area contributed by atoms with Crippen molar-refractivity contribution in [1.29, 1.82) is 5.26 Å². The normalized spacial score (nSPS) is 10.7. The Balaban J connectivity index is 0.000000321. The lowest BCUT2D eigenvalue weighted by atomic mass is 9.77. The second-order valence-electron chi connectivity index (χ2n) is 8.35. The van der Waals surface area contributed by atoms with Crippen molar-refractivity contribution in [3.8, 4) is 11.8 Å². The number of carbonyl (C=O) groups is 1. The molecule has 0 saturated carbocycles. The molecule has 0 saturated heterocycles. The third-order valence-corrected chi connectivity index (χ3v) is 6.58. The molecule has 0 aliphatic heterocycles. The van der Waals surface area contributed by atoms with Gasteiger partial charge >= 0.3 is 0 Å². The summed E-state index contributed by atoms with van der Waals surface area (Å²) in [6, 6.07) is 14.8. The molecule has 1 heterocycles.